The van der Waals surface area contributed by atoms with Gasteiger partial charge < -0.3 is 15.2 Å². The van der Waals surface area contributed by atoms with Crippen molar-refractivity contribution in [1.29, 1.82) is 0 Å². The number of aryl methyl sites for hydroxylation is 1. The summed E-state index contributed by atoms with van der Waals surface area (Å²) in [6, 6.07) is 14.3. The topological polar surface area (TPSA) is 48.1 Å². The predicted molar refractivity (Wildman–Crippen MR) is 120 cm³/mol. The molecule has 5 rings (SSSR count). The third kappa shape index (κ3) is 3.64. The summed E-state index contributed by atoms with van der Waals surface area (Å²) >= 11 is 0. The number of carbonyl (C=O) groups is 1. The fourth-order valence-electron chi connectivity index (χ4n) is 4.84. The van der Waals surface area contributed by atoms with Crippen LogP contribution in [-0.4, -0.2) is 24.0 Å². The van der Waals surface area contributed by atoms with Crippen LogP contribution in [0.1, 0.15) is 54.2 Å². The van der Waals surface area contributed by atoms with Gasteiger partial charge in [0, 0.05) is 46.6 Å². The number of H-pyrrole nitrogens is 1. The highest BCUT2D eigenvalue weighted by atomic mass is 16.1. The summed E-state index contributed by atoms with van der Waals surface area (Å²) in [5.41, 5.74) is 6.71. The monoisotopic (exact) mass is 387 g/mol. The number of nitrogens with zero attached hydrogens (tertiary/aromatic N) is 1. The third-order valence-corrected chi connectivity index (χ3v) is 6.54. The Kier molecular flexibility index (Phi) is 4.78. The lowest BCUT2D eigenvalue weighted by Gasteiger charge is -2.28. The first kappa shape index (κ1) is 18.3. The second-order valence-electron chi connectivity index (χ2n) is 8.74. The van der Waals surface area contributed by atoms with Gasteiger partial charge in [0.05, 0.1) is 0 Å². The maximum absolute atomic E-state index is 12.9. The summed E-state index contributed by atoms with van der Waals surface area (Å²) < 4.78 is 0. The fourth-order valence-corrected chi connectivity index (χ4v) is 4.84. The van der Waals surface area contributed by atoms with Crippen LogP contribution >= 0.6 is 0 Å². The van der Waals surface area contributed by atoms with Crippen LogP contribution in [0.3, 0.4) is 0 Å². The molecular formula is C25H29N3O. The van der Waals surface area contributed by atoms with Crippen molar-refractivity contribution in [3.05, 3.63) is 59.3 Å². The molecule has 3 aromatic rings. The third-order valence-electron chi connectivity index (χ3n) is 6.54. The van der Waals surface area contributed by atoms with Gasteiger partial charge in [0.15, 0.2) is 0 Å². The van der Waals surface area contributed by atoms with Crippen molar-refractivity contribution < 1.29 is 4.79 Å². The van der Waals surface area contributed by atoms with Gasteiger partial charge >= 0.3 is 0 Å². The van der Waals surface area contributed by atoms with Crippen LogP contribution in [0.15, 0.2) is 42.5 Å². The van der Waals surface area contributed by atoms with Gasteiger partial charge in [0.1, 0.15) is 0 Å². The minimum atomic E-state index is -0.0450. The number of carbonyl (C=O) groups excluding carboxylic acids is 1. The van der Waals surface area contributed by atoms with Crippen molar-refractivity contribution in [3.8, 4) is 0 Å². The van der Waals surface area contributed by atoms with Crippen LogP contribution in [0.25, 0.3) is 10.9 Å². The molecule has 4 nitrogen and oxygen atoms in total. The molecule has 1 atom stereocenters. The molecule has 4 heteroatoms. The molecule has 29 heavy (non-hydrogen) atoms. The predicted octanol–water partition coefficient (Wildman–Crippen LogP) is 5.54. The first-order valence-electron chi connectivity index (χ1n) is 11.0. The largest absolute Gasteiger partial charge is 0.372 e. The number of benzene rings is 2. The number of fused-ring (bicyclic) bond motifs is 3. The Labute approximate surface area is 172 Å². The van der Waals surface area contributed by atoms with E-state index in [4.69, 9.17) is 0 Å². The van der Waals surface area contributed by atoms with Gasteiger partial charge in [-0.2, -0.15) is 0 Å². The zero-order chi connectivity index (χ0) is 19.8. The molecule has 1 amide bonds. The van der Waals surface area contributed by atoms with E-state index >= 15 is 0 Å². The summed E-state index contributed by atoms with van der Waals surface area (Å²) in [6.45, 7) is 4.57. The first-order chi connectivity index (χ1) is 14.2. The Morgan fingerprint density at radius 1 is 1.07 bits per heavy atom. The van der Waals surface area contributed by atoms with Crippen molar-refractivity contribution >= 4 is 28.2 Å². The molecule has 0 bridgehead atoms. The van der Waals surface area contributed by atoms with E-state index < -0.39 is 0 Å². The highest BCUT2D eigenvalue weighted by Gasteiger charge is 2.20. The molecule has 150 valence electrons. The average Bonchev–Trinajstić information content (AvgIpc) is 3.12. The van der Waals surface area contributed by atoms with Crippen molar-refractivity contribution in [2.45, 2.75) is 45.4 Å². The highest BCUT2D eigenvalue weighted by Crippen LogP contribution is 2.32. The van der Waals surface area contributed by atoms with Crippen molar-refractivity contribution in [1.82, 2.24) is 4.98 Å². The Morgan fingerprint density at radius 3 is 2.66 bits per heavy atom. The van der Waals surface area contributed by atoms with Crippen LogP contribution in [0, 0.1) is 5.92 Å². The van der Waals surface area contributed by atoms with Gasteiger partial charge in [0.2, 0.25) is 0 Å². The smallest absolute Gasteiger partial charge is 0.255 e. The molecule has 1 aliphatic heterocycles. The van der Waals surface area contributed by atoms with Crippen LogP contribution in [-0.2, 0) is 12.8 Å². The van der Waals surface area contributed by atoms with E-state index in [1.54, 1.807) is 0 Å². The number of anilines is 2. The maximum atomic E-state index is 12.9. The van der Waals surface area contributed by atoms with E-state index in [0.29, 0.717) is 5.92 Å². The van der Waals surface area contributed by atoms with Crippen molar-refractivity contribution in [2.24, 2.45) is 5.92 Å². The molecule has 1 aliphatic carbocycles. The van der Waals surface area contributed by atoms with Crippen LogP contribution in [0.2, 0.25) is 0 Å². The summed E-state index contributed by atoms with van der Waals surface area (Å²) in [7, 11) is 0. The quantitative estimate of drug-likeness (QED) is 0.620. The maximum Gasteiger partial charge on any atom is 0.255 e. The Balaban J connectivity index is 1.34. The zero-order valence-corrected chi connectivity index (χ0v) is 17.1. The van der Waals surface area contributed by atoms with Crippen LogP contribution < -0.4 is 10.2 Å². The minimum absolute atomic E-state index is 0.0450. The molecule has 2 aliphatic rings. The van der Waals surface area contributed by atoms with E-state index in [1.165, 1.54) is 48.0 Å². The Bertz CT molecular complexity index is 1030. The summed E-state index contributed by atoms with van der Waals surface area (Å²) in [5, 5.41) is 4.27. The lowest BCUT2D eigenvalue weighted by molar-refractivity contribution is 0.102. The number of nitrogens with one attached hydrogen (secondary N) is 2. The van der Waals surface area contributed by atoms with E-state index in [9.17, 15) is 4.79 Å². The molecule has 1 aromatic heterocycles. The summed E-state index contributed by atoms with van der Waals surface area (Å²) in [5.74, 6) is 0.661. The highest BCUT2D eigenvalue weighted by molar-refractivity contribution is 6.06. The van der Waals surface area contributed by atoms with Gasteiger partial charge in [-0.3, -0.25) is 4.79 Å². The fraction of sp³-hybridized carbons (Fsp3) is 0.400. The molecule has 2 N–H and O–H groups in total. The number of amides is 1. The number of hydrogen-bond donors (Lipinski definition) is 2. The molecule has 0 saturated carbocycles. The van der Waals surface area contributed by atoms with Gasteiger partial charge in [-0.15, -0.1) is 0 Å². The Hall–Kier alpha value is -2.75. The number of piperidine rings is 1. The molecule has 0 radical (unpaired) electrons. The second-order valence-corrected chi connectivity index (χ2v) is 8.74. The summed E-state index contributed by atoms with van der Waals surface area (Å²) in [6.07, 6.45) is 7.30. The first-order valence-corrected chi connectivity index (χ1v) is 11.0. The SMILES string of the molecule is C[C@@H]1CCc2[nH]c3ccc(C(=O)Nc4ccc(N5CCCCC5)cc4)cc3c2C1. The number of rotatable bonds is 3. The van der Waals surface area contributed by atoms with Crippen LogP contribution in [0.4, 0.5) is 11.4 Å². The molecule has 0 unspecified atom stereocenters. The van der Waals surface area contributed by atoms with E-state index in [0.717, 1.165) is 42.7 Å². The number of hydrogen-bond acceptors (Lipinski definition) is 2. The average molecular weight is 388 g/mol. The van der Waals surface area contributed by atoms with Crippen molar-refractivity contribution in [3.63, 3.8) is 0 Å². The summed E-state index contributed by atoms with van der Waals surface area (Å²) in [4.78, 5) is 18.8. The lowest BCUT2D eigenvalue weighted by atomic mass is 9.87. The van der Waals surface area contributed by atoms with Crippen molar-refractivity contribution in [2.75, 3.05) is 23.3 Å². The van der Waals surface area contributed by atoms with E-state index in [2.05, 4.69) is 40.3 Å². The van der Waals surface area contributed by atoms with E-state index in [-0.39, 0.29) is 5.91 Å². The molecule has 2 heterocycles. The Morgan fingerprint density at radius 2 is 1.86 bits per heavy atom. The lowest BCUT2D eigenvalue weighted by Crippen LogP contribution is -2.29. The molecular weight excluding hydrogens is 358 g/mol. The van der Waals surface area contributed by atoms with Gasteiger partial charge in [-0.25, -0.2) is 0 Å². The molecule has 2 aromatic carbocycles. The number of aromatic nitrogens is 1. The normalized spacial score (nSPS) is 19.2. The van der Waals surface area contributed by atoms with Gasteiger partial charge in [-0.1, -0.05) is 6.92 Å². The minimum Gasteiger partial charge on any atom is -0.372 e. The molecule has 1 saturated heterocycles. The second kappa shape index (κ2) is 7.58. The standard InChI is InChI=1S/C25H29N3O/c1-17-5-11-23-21(15-17)22-16-18(6-12-24(22)27-23)25(29)26-19-7-9-20(10-8-19)28-13-3-2-4-14-28/h6-10,12,16-17,27H,2-5,11,13-15H2,1H3,(H,26,29)/t17-/m1/s1. The molecule has 0 spiro atoms. The molecule has 1 fully saturated rings. The zero-order valence-electron chi connectivity index (χ0n) is 17.1. The van der Waals surface area contributed by atoms with Crippen LogP contribution in [0.5, 0.6) is 0 Å². The van der Waals surface area contributed by atoms with Gasteiger partial charge in [-0.05, 0) is 92.5 Å². The van der Waals surface area contributed by atoms with Gasteiger partial charge in [0.25, 0.3) is 5.91 Å². The van der Waals surface area contributed by atoms with E-state index in [1.807, 2.05) is 24.3 Å². The number of aromatic amines is 1.